The van der Waals surface area contributed by atoms with Crippen LogP contribution in [0.1, 0.15) is 12.8 Å². The maximum absolute atomic E-state index is 12.6. The van der Waals surface area contributed by atoms with Crippen molar-refractivity contribution in [1.82, 2.24) is 19.8 Å². The van der Waals surface area contributed by atoms with Crippen LogP contribution in [-0.4, -0.2) is 84.5 Å². The van der Waals surface area contributed by atoms with Crippen molar-refractivity contribution < 1.29 is 9.18 Å². The van der Waals surface area contributed by atoms with E-state index < -0.39 is 6.67 Å². The van der Waals surface area contributed by atoms with Crippen molar-refractivity contribution in [3.8, 4) is 0 Å². The number of carbonyl (C=O) groups excluding carboxylic acids is 1. The van der Waals surface area contributed by atoms with E-state index in [1.54, 1.807) is 0 Å². The highest BCUT2D eigenvalue weighted by atomic mass is 19.1. The Kier molecular flexibility index (Phi) is 6.75. The van der Waals surface area contributed by atoms with Gasteiger partial charge in [0.1, 0.15) is 12.5 Å². The Morgan fingerprint density at radius 2 is 1.85 bits per heavy atom. The summed E-state index contributed by atoms with van der Waals surface area (Å²) in [6.07, 6.45) is 5.20. The Morgan fingerprint density at radius 1 is 1.07 bits per heavy atom. The molecule has 27 heavy (non-hydrogen) atoms. The number of rotatable bonds is 8. The molecule has 1 fully saturated rings. The predicted molar refractivity (Wildman–Crippen MR) is 105 cm³/mol. The molecule has 2 amide bonds. The third-order valence-electron chi connectivity index (χ3n) is 4.89. The van der Waals surface area contributed by atoms with Crippen molar-refractivity contribution >= 4 is 18.1 Å². The smallest absolute Gasteiger partial charge is 0.344 e. The van der Waals surface area contributed by atoms with Crippen LogP contribution in [0.15, 0.2) is 41.8 Å². The van der Waals surface area contributed by atoms with E-state index in [1.807, 2.05) is 24.4 Å². The van der Waals surface area contributed by atoms with Crippen molar-refractivity contribution in [2.75, 3.05) is 57.4 Å². The number of halogens is 1. The van der Waals surface area contributed by atoms with Crippen LogP contribution < -0.4 is 4.90 Å². The van der Waals surface area contributed by atoms with Gasteiger partial charge in [0.25, 0.3) is 0 Å². The summed E-state index contributed by atoms with van der Waals surface area (Å²) < 4.78 is 12.6. The van der Waals surface area contributed by atoms with E-state index in [-0.39, 0.29) is 12.6 Å². The van der Waals surface area contributed by atoms with Crippen LogP contribution in [-0.2, 0) is 0 Å². The summed E-state index contributed by atoms with van der Waals surface area (Å²) in [5.41, 5.74) is 0.444. The first kappa shape index (κ1) is 19.3. The molecule has 0 unspecified atom stereocenters. The van der Waals surface area contributed by atoms with Crippen LogP contribution in [0.4, 0.5) is 15.0 Å². The van der Waals surface area contributed by atoms with Crippen LogP contribution >= 0.6 is 0 Å². The molecular weight excluding hydrogens is 347 g/mol. The Bertz CT molecular complexity index is 659. The van der Waals surface area contributed by atoms with Crippen molar-refractivity contribution in [2.45, 2.75) is 12.8 Å². The van der Waals surface area contributed by atoms with E-state index >= 15 is 0 Å². The molecule has 8 heteroatoms. The lowest BCUT2D eigenvalue weighted by atomic mass is 10.2. The summed E-state index contributed by atoms with van der Waals surface area (Å²) >= 11 is 0. The quantitative estimate of drug-likeness (QED) is 0.655. The monoisotopic (exact) mass is 374 g/mol. The van der Waals surface area contributed by atoms with Gasteiger partial charge in [0, 0.05) is 38.9 Å². The Hall–Kier alpha value is -2.48. The number of unbranched alkanes of at least 4 members (excludes halogenated alkanes) is 1. The van der Waals surface area contributed by atoms with Crippen LogP contribution in [0, 0.1) is 0 Å². The number of piperazine rings is 1. The molecule has 1 aromatic heterocycles. The number of allylic oxidation sites excluding steroid dienone is 1. The minimum absolute atomic E-state index is 0.0285. The fourth-order valence-corrected chi connectivity index (χ4v) is 3.33. The molecule has 0 spiro atoms. The first-order valence-electron chi connectivity index (χ1n) is 9.45. The molecule has 0 atom stereocenters. The summed E-state index contributed by atoms with van der Waals surface area (Å²) in [7, 11) is 0. The van der Waals surface area contributed by atoms with Gasteiger partial charge in [-0.25, -0.2) is 19.2 Å². The first-order valence-corrected chi connectivity index (χ1v) is 9.45. The average Bonchev–Trinajstić information content (AvgIpc) is 2.71. The normalized spacial score (nSPS) is 18.5. The molecular formula is C19H27FN6O. The maximum atomic E-state index is 12.6. The number of anilines is 1. The van der Waals surface area contributed by atoms with Gasteiger partial charge in [-0.05, 0) is 31.5 Å². The largest absolute Gasteiger partial charge is 0.354 e. The molecule has 3 rings (SSSR count). The van der Waals surface area contributed by atoms with Gasteiger partial charge < -0.3 is 4.90 Å². The summed E-state index contributed by atoms with van der Waals surface area (Å²) in [5.74, 6) is 1.04. The molecule has 0 radical (unpaired) electrons. The number of hydrogen-bond donors (Lipinski definition) is 0. The lowest BCUT2D eigenvalue weighted by Crippen LogP contribution is -2.47. The first-order chi connectivity index (χ1) is 13.2. The van der Waals surface area contributed by atoms with Gasteiger partial charge in [-0.15, -0.1) is 0 Å². The standard InChI is InChI=1S/C19H27FN6O/c1-17-16-22-26(19(27)25(17)11-7-20)10-5-4-9-23-12-14-24(15-13-23)18-6-2-3-8-21-18/h2-3,6,8,16H,1,4-5,7,9-15H2. The second-order valence-corrected chi connectivity index (χ2v) is 6.71. The third kappa shape index (κ3) is 5.03. The zero-order valence-corrected chi connectivity index (χ0v) is 15.6. The van der Waals surface area contributed by atoms with Crippen LogP contribution in [0.3, 0.4) is 0 Å². The van der Waals surface area contributed by atoms with Gasteiger partial charge in [0.15, 0.2) is 0 Å². The van der Waals surface area contributed by atoms with Crippen molar-refractivity contribution in [3.63, 3.8) is 0 Å². The number of nitrogens with zero attached hydrogens (tertiary/aromatic N) is 6. The van der Waals surface area contributed by atoms with Crippen LogP contribution in [0.25, 0.3) is 0 Å². The molecule has 1 saturated heterocycles. The predicted octanol–water partition coefficient (Wildman–Crippen LogP) is 2.19. The van der Waals surface area contributed by atoms with Crippen LogP contribution in [0.2, 0.25) is 0 Å². The molecule has 1 aromatic rings. The molecule has 0 aromatic carbocycles. The van der Waals surface area contributed by atoms with Gasteiger partial charge in [-0.3, -0.25) is 9.80 Å². The Morgan fingerprint density at radius 3 is 2.56 bits per heavy atom. The molecule has 3 heterocycles. The second kappa shape index (κ2) is 9.45. The molecule has 2 aliphatic heterocycles. The third-order valence-corrected chi connectivity index (χ3v) is 4.89. The molecule has 2 aliphatic rings. The fraction of sp³-hybridized carbons (Fsp3) is 0.526. The summed E-state index contributed by atoms with van der Waals surface area (Å²) in [4.78, 5) is 22.8. The highest BCUT2D eigenvalue weighted by molar-refractivity contribution is 5.90. The minimum Gasteiger partial charge on any atom is -0.354 e. The van der Waals surface area contributed by atoms with Crippen LogP contribution in [0.5, 0.6) is 0 Å². The summed E-state index contributed by atoms with van der Waals surface area (Å²) in [5, 5.41) is 5.53. The molecule has 146 valence electrons. The number of aromatic nitrogens is 1. The molecule has 0 saturated carbocycles. The minimum atomic E-state index is -0.586. The van der Waals surface area contributed by atoms with Gasteiger partial charge in [0.2, 0.25) is 0 Å². The topological polar surface area (TPSA) is 55.3 Å². The van der Waals surface area contributed by atoms with E-state index in [0.29, 0.717) is 12.2 Å². The van der Waals surface area contributed by atoms with Crippen molar-refractivity contribution in [1.29, 1.82) is 0 Å². The number of alkyl halides is 1. The number of pyridine rings is 1. The van der Waals surface area contributed by atoms with E-state index in [1.165, 1.54) is 16.1 Å². The van der Waals surface area contributed by atoms with Gasteiger partial charge in [0.05, 0.1) is 18.5 Å². The van der Waals surface area contributed by atoms with E-state index in [0.717, 1.165) is 51.4 Å². The zero-order chi connectivity index (χ0) is 19.1. The number of amides is 2. The maximum Gasteiger partial charge on any atom is 0.344 e. The van der Waals surface area contributed by atoms with E-state index in [9.17, 15) is 9.18 Å². The van der Waals surface area contributed by atoms with E-state index in [4.69, 9.17) is 0 Å². The lowest BCUT2D eigenvalue weighted by Gasteiger charge is -2.35. The second-order valence-electron chi connectivity index (χ2n) is 6.71. The molecule has 0 N–H and O–H groups in total. The van der Waals surface area contributed by atoms with Crippen molar-refractivity contribution in [3.05, 3.63) is 36.7 Å². The number of carbonyl (C=O) groups is 1. The number of hydrazone groups is 1. The SMILES string of the molecule is C=C1C=NN(CCCCN2CCN(c3ccccn3)CC2)C(=O)N1CCF. The Balaban J connectivity index is 1.36. The van der Waals surface area contributed by atoms with Gasteiger partial charge in [-0.2, -0.15) is 5.10 Å². The summed E-state index contributed by atoms with van der Waals surface area (Å²) in [6.45, 7) is 8.71. The fourth-order valence-electron chi connectivity index (χ4n) is 3.33. The average molecular weight is 374 g/mol. The van der Waals surface area contributed by atoms with Crippen molar-refractivity contribution in [2.24, 2.45) is 5.10 Å². The summed E-state index contributed by atoms with van der Waals surface area (Å²) in [6, 6.07) is 5.71. The number of urea groups is 1. The highest BCUT2D eigenvalue weighted by Gasteiger charge is 2.25. The Labute approximate surface area is 159 Å². The lowest BCUT2D eigenvalue weighted by molar-refractivity contribution is 0.159. The highest BCUT2D eigenvalue weighted by Crippen LogP contribution is 2.14. The van der Waals surface area contributed by atoms with Gasteiger partial charge in [-0.1, -0.05) is 12.6 Å². The zero-order valence-electron chi connectivity index (χ0n) is 15.6. The molecule has 0 bridgehead atoms. The molecule has 7 nitrogen and oxygen atoms in total. The number of hydrogen-bond acceptors (Lipinski definition) is 5. The van der Waals surface area contributed by atoms with E-state index in [2.05, 4.69) is 26.5 Å². The van der Waals surface area contributed by atoms with Gasteiger partial charge >= 0.3 is 6.03 Å². The molecule has 0 aliphatic carbocycles.